The lowest BCUT2D eigenvalue weighted by molar-refractivity contribution is -0.128. The molecule has 1 atom stereocenters. The van der Waals surface area contributed by atoms with E-state index in [9.17, 15) is 9.59 Å². The lowest BCUT2D eigenvalue weighted by Gasteiger charge is -2.23. The first kappa shape index (κ1) is 18.3. The molecule has 2 amide bonds. The molecular weight excluding hydrogens is 352 g/mol. The first-order chi connectivity index (χ1) is 13.5. The molecule has 1 unspecified atom stereocenters. The Kier molecular flexibility index (Phi) is 4.90. The van der Waals surface area contributed by atoms with Crippen LogP contribution in [0.15, 0.2) is 59.0 Å². The first-order valence-corrected chi connectivity index (χ1v) is 9.65. The van der Waals surface area contributed by atoms with Crippen molar-refractivity contribution in [1.82, 2.24) is 9.80 Å². The van der Waals surface area contributed by atoms with Crippen LogP contribution >= 0.6 is 0 Å². The molecular formula is C23H24N2O3. The van der Waals surface area contributed by atoms with Gasteiger partial charge in [-0.1, -0.05) is 30.3 Å². The van der Waals surface area contributed by atoms with E-state index < -0.39 is 0 Å². The van der Waals surface area contributed by atoms with Crippen LogP contribution in [0.4, 0.5) is 0 Å². The fraction of sp³-hybridized carbons (Fsp3) is 0.304. The number of carbonyl (C=O) groups excluding carboxylic acids is 2. The lowest BCUT2D eigenvalue weighted by atomic mass is 10.1. The Morgan fingerprint density at radius 1 is 1.18 bits per heavy atom. The van der Waals surface area contributed by atoms with Crippen LogP contribution < -0.4 is 0 Å². The second-order valence-electron chi connectivity index (χ2n) is 7.39. The number of furan rings is 1. The summed E-state index contributed by atoms with van der Waals surface area (Å²) in [7, 11) is 1.79. The van der Waals surface area contributed by atoms with Crippen molar-refractivity contribution in [2.75, 3.05) is 13.6 Å². The van der Waals surface area contributed by atoms with E-state index in [1.165, 1.54) is 0 Å². The number of nitrogens with zero attached hydrogens (tertiary/aromatic N) is 2. The summed E-state index contributed by atoms with van der Waals surface area (Å²) in [4.78, 5) is 28.2. The van der Waals surface area contributed by atoms with Gasteiger partial charge in [0.25, 0.3) is 5.91 Å². The normalized spacial score (nSPS) is 15.2. The molecule has 4 rings (SSSR count). The smallest absolute Gasteiger partial charge is 0.254 e. The number of benzene rings is 2. The van der Waals surface area contributed by atoms with Crippen molar-refractivity contribution >= 4 is 22.8 Å². The predicted octanol–water partition coefficient (Wildman–Crippen LogP) is 4.39. The minimum atomic E-state index is -0.179. The zero-order valence-electron chi connectivity index (χ0n) is 16.2. The van der Waals surface area contributed by atoms with Crippen LogP contribution in [0, 0.1) is 0 Å². The summed E-state index contributed by atoms with van der Waals surface area (Å²) < 4.78 is 5.91. The molecule has 0 aliphatic carbocycles. The van der Waals surface area contributed by atoms with Crippen LogP contribution in [-0.2, 0) is 11.3 Å². The maximum Gasteiger partial charge on any atom is 0.254 e. The zero-order valence-corrected chi connectivity index (χ0v) is 16.2. The summed E-state index contributed by atoms with van der Waals surface area (Å²) in [5, 5.41) is 1.03. The Bertz CT molecular complexity index is 973. The number of hydrogen-bond acceptors (Lipinski definition) is 3. The molecule has 1 aromatic heterocycles. The van der Waals surface area contributed by atoms with E-state index in [1.54, 1.807) is 11.9 Å². The van der Waals surface area contributed by atoms with Gasteiger partial charge in [0.15, 0.2) is 0 Å². The molecule has 0 radical (unpaired) electrons. The molecule has 28 heavy (non-hydrogen) atoms. The van der Waals surface area contributed by atoms with Crippen LogP contribution in [0.1, 0.15) is 47.5 Å². The highest BCUT2D eigenvalue weighted by Gasteiger charge is 2.23. The second-order valence-corrected chi connectivity index (χ2v) is 7.39. The van der Waals surface area contributed by atoms with E-state index in [2.05, 4.69) is 0 Å². The highest BCUT2D eigenvalue weighted by molar-refractivity contribution is 5.94. The summed E-state index contributed by atoms with van der Waals surface area (Å²) in [6.07, 6.45) is 1.57. The Hall–Kier alpha value is -3.08. The van der Waals surface area contributed by atoms with Crippen molar-refractivity contribution in [3.8, 4) is 0 Å². The SMILES string of the molecule is CC(c1cc2ccccc2o1)N(C)C(=O)c1ccc(CN2CCCC2=O)cc1. The third-order valence-electron chi connectivity index (χ3n) is 5.50. The van der Waals surface area contributed by atoms with E-state index in [4.69, 9.17) is 4.42 Å². The maximum atomic E-state index is 12.9. The van der Waals surface area contributed by atoms with Crippen molar-refractivity contribution in [3.05, 3.63) is 71.5 Å². The van der Waals surface area contributed by atoms with Crippen LogP contribution in [-0.4, -0.2) is 35.2 Å². The van der Waals surface area contributed by atoms with Crippen molar-refractivity contribution in [2.24, 2.45) is 0 Å². The Labute approximate surface area is 164 Å². The number of rotatable bonds is 5. The maximum absolute atomic E-state index is 12.9. The monoisotopic (exact) mass is 376 g/mol. The van der Waals surface area contributed by atoms with Crippen LogP contribution in [0.25, 0.3) is 11.0 Å². The molecule has 5 nitrogen and oxygen atoms in total. The fourth-order valence-corrected chi connectivity index (χ4v) is 3.62. The van der Waals surface area contributed by atoms with Crippen LogP contribution in [0.3, 0.4) is 0 Å². The summed E-state index contributed by atoms with van der Waals surface area (Å²) in [5.41, 5.74) is 2.49. The molecule has 1 aliphatic rings. The molecule has 1 aliphatic heterocycles. The van der Waals surface area contributed by atoms with Crippen molar-refractivity contribution in [2.45, 2.75) is 32.4 Å². The Balaban J connectivity index is 1.46. The highest BCUT2D eigenvalue weighted by Crippen LogP contribution is 2.27. The largest absolute Gasteiger partial charge is 0.459 e. The van der Waals surface area contributed by atoms with Gasteiger partial charge in [-0.05, 0) is 43.2 Å². The molecule has 2 aromatic carbocycles. The standard InChI is InChI=1S/C23H24N2O3/c1-16(21-14-19-6-3-4-7-20(19)28-21)24(2)23(27)18-11-9-17(10-12-18)15-25-13-5-8-22(25)26/h3-4,6-7,9-12,14,16H,5,8,13,15H2,1-2H3. The van der Waals surface area contributed by atoms with E-state index in [0.717, 1.165) is 35.3 Å². The molecule has 0 bridgehead atoms. The van der Waals surface area contributed by atoms with Gasteiger partial charge in [-0.2, -0.15) is 0 Å². The minimum absolute atomic E-state index is 0.0586. The average molecular weight is 376 g/mol. The van der Waals surface area contributed by atoms with E-state index in [1.807, 2.05) is 66.4 Å². The average Bonchev–Trinajstić information content (AvgIpc) is 3.33. The highest BCUT2D eigenvalue weighted by atomic mass is 16.3. The van der Waals surface area contributed by atoms with Gasteiger partial charge >= 0.3 is 0 Å². The Morgan fingerprint density at radius 3 is 2.61 bits per heavy atom. The topological polar surface area (TPSA) is 53.8 Å². The van der Waals surface area contributed by atoms with Crippen molar-refractivity contribution in [1.29, 1.82) is 0 Å². The first-order valence-electron chi connectivity index (χ1n) is 9.65. The van der Waals surface area contributed by atoms with E-state index in [0.29, 0.717) is 18.5 Å². The second kappa shape index (κ2) is 7.50. The molecule has 0 spiro atoms. The summed E-state index contributed by atoms with van der Waals surface area (Å²) >= 11 is 0. The minimum Gasteiger partial charge on any atom is -0.459 e. The van der Waals surface area contributed by atoms with Gasteiger partial charge in [0.05, 0.1) is 6.04 Å². The van der Waals surface area contributed by atoms with Crippen LogP contribution in [0.5, 0.6) is 0 Å². The van der Waals surface area contributed by atoms with E-state index in [-0.39, 0.29) is 17.9 Å². The summed E-state index contributed by atoms with van der Waals surface area (Å²) in [6.45, 7) is 3.39. The number of para-hydroxylation sites is 1. The third kappa shape index (κ3) is 3.52. The molecule has 5 heteroatoms. The van der Waals surface area contributed by atoms with Gasteiger partial charge in [0.2, 0.25) is 5.91 Å². The van der Waals surface area contributed by atoms with Gasteiger partial charge in [-0.15, -0.1) is 0 Å². The van der Waals surface area contributed by atoms with Crippen LogP contribution in [0.2, 0.25) is 0 Å². The van der Waals surface area contributed by atoms with Crippen molar-refractivity contribution < 1.29 is 14.0 Å². The lowest BCUT2D eigenvalue weighted by Crippen LogP contribution is -2.29. The quantitative estimate of drug-likeness (QED) is 0.664. The van der Waals surface area contributed by atoms with Gasteiger partial charge in [-0.25, -0.2) is 0 Å². The summed E-state index contributed by atoms with van der Waals surface area (Å²) in [6, 6.07) is 17.2. The fourth-order valence-electron chi connectivity index (χ4n) is 3.62. The predicted molar refractivity (Wildman–Crippen MR) is 108 cm³/mol. The number of likely N-dealkylation sites (tertiary alicyclic amines) is 1. The van der Waals surface area contributed by atoms with Gasteiger partial charge in [-0.3, -0.25) is 9.59 Å². The molecule has 2 heterocycles. The number of carbonyl (C=O) groups is 2. The molecule has 0 N–H and O–H groups in total. The van der Waals surface area contributed by atoms with Gasteiger partial charge in [0.1, 0.15) is 11.3 Å². The molecule has 3 aromatic rings. The van der Waals surface area contributed by atoms with Crippen molar-refractivity contribution in [3.63, 3.8) is 0 Å². The number of amides is 2. The number of fused-ring (bicyclic) bond motifs is 1. The van der Waals surface area contributed by atoms with Gasteiger partial charge < -0.3 is 14.2 Å². The molecule has 144 valence electrons. The molecule has 0 saturated carbocycles. The Morgan fingerprint density at radius 2 is 1.93 bits per heavy atom. The third-order valence-corrected chi connectivity index (χ3v) is 5.50. The molecule has 1 fully saturated rings. The van der Waals surface area contributed by atoms with Gasteiger partial charge in [0, 0.05) is 37.5 Å². The molecule has 1 saturated heterocycles. The summed E-state index contributed by atoms with van der Waals surface area (Å²) in [5.74, 6) is 0.914. The zero-order chi connectivity index (χ0) is 19.7. The van der Waals surface area contributed by atoms with E-state index >= 15 is 0 Å². The number of hydrogen-bond donors (Lipinski definition) is 0.